The number of nitrogens with zero attached hydrogens (tertiary/aromatic N) is 1. The van der Waals surface area contributed by atoms with Crippen molar-refractivity contribution in [2.75, 3.05) is 0 Å². The minimum Gasteiger partial charge on any atom is -0.226 e. The zero-order valence-electron chi connectivity index (χ0n) is 7.07. The SMILES string of the molecule is NS(=O)(=O)c1cc(F)c2nc(Br)sc2c1. The van der Waals surface area contributed by atoms with Crippen LogP contribution >= 0.6 is 27.3 Å². The Morgan fingerprint density at radius 2 is 2.13 bits per heavy atom. The highest BCUT2D eigenvalue weighted by atomic mass is 79.9. The summed E-state index contributed by atoms with van der Waals surface area (Å²) >= 11 is 4.24. The van der Waals surface area contributed by atoms with E-state index in [0.717, 1.165) is 17.4 Å². The second-order valence-corrected chi connectivity index (χ2v) is 6.63. The number of rotatable bonds is 1. The fourth-order valence-electron chi connectivity index (χ4n) is 1.10. The van der Waals surface area contributed by atoms with Crippen molar-refractivity contribution >= 4 is 47.5 Å². The molecule has 0 aliphatic heterocycles. The number of primary sulfonamides is 1. The van der Waals surface area contributed by atoms with Crippen molar-refractivity contribution in [1.29, 1.82) is 0 Å². The Morgan fingerprint density at radius 1 is 1.47 bits per heavy atom. The second-order valence-electron chi connectivity index (χ2n) is 2.76. The fourth-order valence-corrected chi connectivity index (χ4v) is 3.17. The lowest BCUT2D eigenvalue weighted by Crippen LogP contribution is -2.12. The number of aromatic nitrogens is 1. The van der Waals surface area contributed by atoms with Crippen molar-refractivity contribution in [1.82, 2.24) is 4.98 Å². The normalized spacial score (nSPS) is 12.2. The van der Waals surface area contributed by atoms with E-state index in [2.05, 4.69) is 20.9 Å². The van der Waals surface area contributed by atoms with Crippen molar-refractivity contribution in [2.24, 2.45) is 5.14 Å². The smallest absolute Gasteiger partial charge is 0.226 e. The molecule has 0 radical (unpaired) electrons. The number of halogens is 2. The number of thiazole rings is 1. The summed E-state index contributed by atoms with van der Waals surface area (Å²) in [7, 11) is -3.88. The molecule has 1 aromatic heterocycles. The molecule has 1 heterocycles. The summed E-state index contributed by atoms with van der Waals surface area (Å²) < 4.78 is 36.4. The quantitative estimate of drug-likeness (QED) is 0.873. The molecule has 2 rings (SSSR count). The maximum atomic E-state index is 13.4. The van der Waals surface area contributed by atoms with E-state index in [-0.39, 0.29) is 10.4 Å². The Bertz CT molecular complexity index is 638. The number of hydrogen-bond donors (Lipinski definition) is 1. The molecule has 0 saturated carbocycles. The molecule has 80 valence electrons. The van der Waals surface area contributed by atoms with Crippen LogP contribution in [0.15, 0.2) is 20.9 Å². The Labute approximate surface area is 97.1 Å². The molecule has 2 aromatic rings. The van der Waals surface area contributed by atoms with Crippen molar-refractivity contribution in [3.05, 3.63) is 21.9 Å². The van der Waals surface area contributed by atoms with Gasteiger partial charge < -0.3 is 0 Å². The molecule has 15 heavy (non-hydrogen) atoms. The zero-order valence-corrected chi connectivity index (χ0v) is 10.3. The molecule has 0 spiro atoms. The molecular formula is C7H4BrFN2O2S2. The average Bonchev–Trinajstić information content (AvgIpc) is 2.44. The predicted molar refractivity (Wildman–Crippen MR) is 58.7 cm³/mol. The molecule has 0 saturated heterocycles. The Balaban J connectivity index is 2.84. The first-order chi connectivity index (χ1) is 6.88. The summed E-state index contributed by atoms with van der Waals surface area (Å²) in [6.07, 6.45) is 0. The first-order valence-corrected chi connectivity index (χ1v) is 6.82. The summed E-state index contributed by atoms with van der Waals surface area (Å²) in [5.41, 5.74) is 0.138. The minimum atomic E-state index is -3.88. The standard InChI is InChI=1S/C7H4BrFN2O2S2/c8-7-11-6-4(9)1-3(15(10,12)13)2-5(6)14-7/h1-2H,(H2,10,12,13). The lowest BCUT2D eigenvalue weighted by Gasteiger charge is -1.98. The summed E-state index contributed by atoms with van der Waals surface area (Å²) in [5.74, 6) is -0.696. The molecule has 0 bridgehead atoms. The van der Waals surface area contributed by atoms with Gasteiger partial charge in [-0.15, -0.1) is 11.3 Å². The number of sulfonamides is 1. The lowest BCUT2D eigenvalue weighted by atomic mass is 10.3. The molecule has 0 atom stereocenters. The van der Waals surface area contributed by atoms with Crippen LogP contribution in [0.4, 0.5) is 4.39 Å². The molecule has 0 amide bonds. The first-order valence-electron chi connectivity index (χ1n) is 3.66. The molecule has 0 unspecified atom stereocenters. The van der Waals surface area contributed by atoms with Crippen LogP contribution in [0, 0.1) is 5.82 Å². The Hall–Kier alpha value is -0.570. The monoisotopic (exact) mass is 310 g/mol. The van der Waals surface area contributed by atoms with E-state index >= 15 is 0 Å². The lowest BCUT2D eigenvalue weighted by molar-refractivity contribution is 0.594. The minimum absolute atomic E-state index is 0.138. The van der Waals surface area contributed by atoms with E-state index in [9.17, 15) is 12.8 Å². The Kier molecular flexibility index (Phi) is 2.53. The van der Waals surface area contributed by atoms with Crippen LogP contribution < -0.4 is 5.14 Å². The second kappa shape index (κ2) is 3.48. The molecule has 8 heteroatoms. The van der Waals surface area contributed by atoms with Gasteiger partial charge in [-0.2, -0.15) is 0 Å². The van der Waals surface area contributed by atoms with Gasteiger partial charge in [-0.3, -0.25) is 0 Å². The molecular weight excluding hydrogens is 307 g/mol. The maximum absolute atomic E-state index is 13.4. The van der Waals surface area contributed by atoms with Crippen LogP contribution in [0.1, 0.15) is 0 Å². The third-order valence-electron chi connectivity index (χ3n) is 1.72. The summed E-state index contributed by atoms with van der Waals surface area (Å²) in [5, 5.41) is 4.90. The van der Waals surface area contributed by atoms with Crippen LogP contribution in [0.5, 0.6) is 0 Å². The first kappa shape index (κ1) is 10.9. The van der Waals surface area contributed by atoms with E-state index < -0.39 is 15.8 Å². The molecule has 0 fully saturated rings. The number of fused-ring (bicyclic) bond motifs is 1. The van der Waals surface area contributed by atoms with Crippen LogP contribution in [-0.4, -0.2) is 13.4 Å². The highest BCUT2D eigenvalue weighted by Crippen LogP contribution is 2.29. The Morgan fingerprint density at radius 3 is 2.73 bits per heavy atom. The van der Waals surface area contributed by atoms with Gasteiger partial charge in [0.05, 0.1) is 9.60 Å². The highest BCUT2D eigenvalue weighted by molar-refractivity contribution is 9.11. The number of hydrogen-bond acceptors (Lipinski definition) is 4. The van der Waals surface area contributed by atoms with Gasteiger partial charge in [0.2, 0.25) is 10.0 Å². The van der Waals surface area contributed by atoms with Crippen molar-refractivity contribution < 1.29 is 12.8 Å². The van der Waals surface area contributed by atoms with Gasteiger partial charge in [0.1, 0.15) is 5.52 Å². The maximum Gasteiger partial charge on any atom is 0.238 e. The summed E-state index contributed by atoms with van der Waals surface area (Å²) in [6.45, 7) is 0. The van der Waals surface area contributed by atoms with Crippen LogP contribution in [0.3, 0.4) is 0 Å². The van der Waals surface area contributed by atoms with Gasteiger partial charge in [0.15, 0.2) is 9.73 Å². The van der Waals surface area contributed by atoms with Crippen LogP contribution in [-0.2, 0) is 10.0 Å². The van der Waals surface area contributed by atoms with Crippen molar-refractivity contribution in [3.63, 3.8) is 0 Å². The van der Waals surface area contributed by atoms with E-state index in [1.807, 2.05) is 0 Å². The average molecular weight is 311 g/mol. The zero-order chi connectivity index (χ0) is 11.2. The van der Waals surface area contributed by atoms with Gasteiger partial charge in [-0.05, 0) is 28.1 Å². The summed E-state index contributed by atoms with van der Waals surface area (Å²) in [6, 6.07) is 2.17. The number of nitrogens with two attached hydrogens (primary N) is 1. The molecule has 4 nitrogen and oxygen atoms in total. The van der Waals surface area contributed by atoms with E-state index in [0.29, 0.717) is 8.62 Å². The van der Waals surface area contributed by atoms with Gasteiger partial charge in [0, 0.05) is 0 Å². The third kappa shape index (κ3) is 2.03. The molecule has 0 aliphatic rings. The van der Waals surface area contributed by atoms with Crippen molar-refractivity contribution in [3.8, 4) is 0 Å². The van der Waals surface area contributed by atoms with Gasteiger partial charge >= 0.3 is 0 Å². The van der Waals surface area contributed by atoms with E-state index in [4.69, 9.17) is 5.14 Å². The predicted octanol–water partition coefficient (Wildman–Crippen LogP) is 1.85. The topological polar surface area (TPSA) is 73.1 Å². The van der Waals surface area contributed by atoms with Crippen molar-refractivity contribution in [2.45, 2.75) is 4.90 Å². The van der Waals surface area contributed by atoms with Crippen LogP contribution in [0.2, 0.25) is 0 Å². The number of benzene rings is 1. The fraction of sp³-hybridized carbons (Fsp3) is 0. The molecule has 2 N–H and O–H groups in total. The van der Waals surface area contributed by atoms with Gasteiger partial charge in [0.25, 0.3) is 0 Å². The summed E-state index contributed by atoms with van der Waals surface area (Å²) in [4.78, 5) is 3.61. The molecule has 1 aromatic carbocycles. The van der Waals surface area contributed by atoms with Crippen LogP contribution in [0.25, 0.3) is 10.2 Å². The van der Waals surface area contributed by atoms with Gasteiger partial charge in [-0.1, -0.05) is 0 Å². The third-order valence-corrected chi connectivity index (χ3v) is 4.07. The largest absolute Gasteiger partial charge is 0.238 e. The molecule has 0 aliphatic carbocycles. The van der Waals surface area contributed by atoms with E-state index in [1.165, 1.54) is 6.07 Å². The van der Waals surface area contributed by atoms with Gasteiger partial charge in [-0.25, -0.2) is 22.9 Å². The van der Waals surface area contributed by atoms with E-state index in [1.54, 1.807) is 0 Å². The highest BCUT2D eigenvalue weighted by Gasteiger charge is 2.14.